The fraction of sp³-hybridized carbons (Fsp3) is 0.533. The van der Waals surface area contributed by atoms with E-state index in [9.17, 15) is 9.90 Å². The summed E-state index contributed by atoms with van der Waals surface area (Å²) in [4.78, 5) is 13.3. The first-order valence-electron chi connectivity index (χ1n) is 6.29. The molecule has 1 unspecified atom stereocenters. The van der Waals surface area contributed by atoms with Crippen LogP contribution in [0.5, 0.6) is 0 Å². The maximum Gasteiger partial charge on any atom is 0.323 e. The minimum absolute atomic E-state index is 0.0947. The van der Waals surface area contributed by atoms with Gasteiger partial charge in [-0.15, -0.1) is 0 Å². The summed E-state index contributed by atoms with van der Waals surface area (Å²) in [6.45, 7) is 7.72. The zero-order chi connectivity index (χ0) is 13.9. The zero-order valence-corrected chi connectivity index (χ0v) is 11.8. The van der Waals surface area contributed by atoms with Gasteiger partial charge in [-0.25, -0.2) is 0 Å². The lowest BCUT2D eigenvalue weighted by Crippen LogP contribution is -2.50. The number of nitrogens with zero attached hydrogens (tertiary/aromatic N) is 1. The third kappa shape index (κ3) is 2.91. The van der Waals surface area contributed by atoms with Crippen molar-refractivity contribution < 1.29 is 9.90 Å². The summed E-state index contributed by atoms with van der Waals surface area (Å²) < 4.78 is 0. The van der Waals surface area contributed by atoms with Crippen LogP contribution in [0.3, 0.4) is 0 Å². The third-order valence-corrected chi connectivity index (χ3v) is 3.59. The van der Waals surface area contributed by atoms with E-state index in [1.54, 1.807) is 13.8 Å². The first-order chi connectivity index (χ1) is 8.28. The number of rotatable bonds is 5. The molecule has 18 heavy (non-hydrogen) atoms. The highest BCUT2D eigenvalue weighted by Gasteiger charge is 2.37. The highest BCUT2D eigenvalue weighted by Crippen LogP contribution is 2.32. The lowest BCUT2D eigenvalue weighted by atomic mass is 9.90. The predicted molar refractivity (Wildman–Crippen MR) is 73.5 cm³/mol. The summed E-state index contributed by atoms with van der Waals surface area (Å²) in [7, 11) is 1.88. The van der Waals surface area contributed by atoms with Gasteiger partial charge in [0.2, 0.25) is 0 Å². The molecule has 1 aromatic rings. The molecule has 1 N–H and O–H groups in total. The van der Waals surface area contributed by atoms with Crippen LogP contribution in [0.2, 0.25) is 0 Å². The van der Waals surface area contributed by atoms with E-state index in [-0.39, 0.29) is 6.04 Å². The van der Waals surface area contributed by atoms with Crippen molar-refractivity contribution in [3.05, 3.63) is 35.9 Å². The summed E-state index contributed by atoms with van der Waals surface area (Å²) in [5, 5.41) is 9.35. The van der Waals surface area contributed by atoms with Gasteiger partial charge in [-0.2, -0.15) is 0 Å². The van der Waals surface area contributed by atoms with Crippen molar-refractivity contribution >= 4 is 5.97 Å². The van der Waals surface area contributed by atoms with Gasteiger partial charge in [-0.1, -0.05) is 44.2 Å². The van der Waals surface area contributed by atoms with Crippen molar-refractivity contribution in [1.82, 2.24) is 4.90 Å². The number of carboxylic acid groups (broad SMARTS) is 1. The first-order valence-corrected chi connectivity index (χ1v) is 6.29. The zero-order valence-electron chi connectivity index (χ0n) is 11.8. The minimum Gasteiger partial charge on any atom is -0.480 e. The second-order valence-corrected chi connectivity index (χ2v) is 5.57. The van der Waals surface area contributed by atoms with E-state index in [1.807, 2.05) is 30.1 Å². The lowest BCUT2D eigenvalue weighted by Gasteiger charge is -2.40. The molecule has 0 spiro atoms. The predicted octanol–water partition coefficient (Wildman–Crippen LogP) is 3.18. The molecule has 0 aliphatic rings. The Hall–Kier alpha value is -1.35. The maximum atomic E-state index is 11.4. The minimum atomic E-state index is -0.884. The molecule has 3 nitrogen and oxygen atoms in total. The van der Waals surface area contributed by atoms with E-state index < -0.39 is 11.5 Å². The summed E-state index contributed by atoms with van der Waals surface area (Å²) in [6.07, 6.45) is 0. The quantitative estimate of drug-likeness (QED) is 0.871. The van der Waals surface area contributed by atoms with Crippen LogP contribution in [-0.2, 0) is 4.79 Å². The van der Waals surface area contributed by atoms with E-state index in [4.69, 9.17) is 0 Å². The Kier molecular flexibility index (Phi) is 4.52. The SMILES string of the molecule is CC(C)C(c1ccccc1)N(C)C(C)(C)C(=O)O. The van der Waals surface area contributed by atoms with Crippen molar-refractivity contribution in [1.29, 1.82) is 0 Å². The third-order valence-electron chi connectivity index (χ3n) is 3.59. The summed E-state index contributed by atoms with van der Waals surface area (Å²) in [6, 6.07) is 10.2. The molecule has 3 heteroatoms. The molecule has 0 aliphatic heterocycles. The number of likely N-dealkylation sites (N-methyl/N-ethyl adjacent to an activating group) is 1. The number of benzene rings is 1. The smallest absolute Gasteiger partial charge is 0.323 e. The fourth-order valence-corrected chi connectivity index (χ4v) is 2.20. The molecule has 0 amide bonds. The Morgan fingerprint density at radius 3 is 2.11 bits per heavy atom. The molecule has 1 atom stereocenters. The Bertz CT molecular complexity index is 398. The molecular weight excluding hydrogens is 226 g/mol. The van der Waals surface area contributed by atoms with Gasteiger partial charge in [0.1, 0.15) is 5.54 Å². The van der Waals surface area contributed by atoms with Crippen molar-refractivity contribution in [2.75, 3.05) is 7.05 Å². The summed E-state index contributed by atoms with van der Waals surface area (Å²) in [5.41, 5.74) is 0.273. The van der Waals surface area contributed by atoms with E-state index in [2.05, 4.69) is 26.0 Å². The summed E-state index contributed by atoms with van der Waals surface area (Å²) in [5.74, 6) is -0.456. The monoisotopic (exact) mass is 249 g/mol. The second kappa shape index (κ2) is 5.53. The molecule has 0 saturated heterocycles. The average Bonchev–Trinajstić information content (AvgIpc) is 2.29. The highest BCUT2D eigenvalue weighted by atomic mass is 16.4. The lowest BCUT2D eigenvalue weighted by molar-refractivity contribution is -0.150. The average molecular weight is 249 g/mol. The standard InChI is InChI=1S/C15H23NO2/c1-11(2)13(12-9-7-6-8-10-12)16(5)15(3,4)14(17)18/h6-11,13H,1-5H3,(H,17,18). The Balaban J connectivity index is 3.11. The van der Waals surface area contributed by atoms with Crippen molar-refractivity contribution in [2.24, 2.45) is 5.92 Å². The van der Waals surface area contributed by atoms with Crippen LogP contribution >= 0.6 is 0 Å². The van der Waals surface area contributed by atoms with Gasteiger partial charge in [0, 0.05) is 6.04 Å². The molecular formula is C15H23NO2. The number of carbonyl (C=O) groups is 1. The molecule has 100 valence electrons. The largest absolute Gasteiger partial charge is 0.480 e. The molecule has 0 saturated carbocycles. The van der Waals surface area contributed by atoms with Crippen LogP contribution in [-0.4, -0.2) is 28.6 Å². The van der Waals surface area contributed by atoms with Crippen LogP contribution in [0.1, 0.15) is 39.3 Å². The van der Waals surface area contributed by atoms with E-state index in [0.717, 1.165) is 5.56 Å². The van der Waals surface area contributed by atoms with Crippen molar-refractivity contribution in [3.8, 4) is 0 Å². The van der Waals surface area contributed by atoms with Crippen LogP contribution in [0, 0.1) is 5.92 Å². The topological polar surface area (TPSA) is 40.5 Å². The number of aliphatic carboxylic acids is 1. The van der Waals surface area contributed by atoms with Gasteiger partial charge >= 0.3 is 5.97 Å². The molecule has 0 aliphatic carbocycles. The molecule has 1 rings (SSSR count). The normalized spacial score (nSPS) is 13.9. The first kappa shape index (κ1) is 14.7. The van der Waals surface area contributed by atoms with Crippen molar-refractivity contribution in [2.45, 2.75) is 39.3 Å². The van der Waals surface area contributed by atoms with Gasteiger partial charge in [-0.05, 0) is 32.4 Å². The fourth-order valence-electron chi connectivity index (χ4n) is 2.20. The molecule has 0 aromatic heterocycles. The highest BCUT2D eigenvalue weighted by molar-refractivity contribution is 5.77. The summed E-state index contributed by atoms with van der Waals surface area (Å²) >= 11 is 0. The van der Waals surface area contributed by atoms with E-state index in [1.165, 1.54) is 0 Å². The number of hydrogen-bond acceptors (Lipinski definition) is 2. The Morgan fingerprint density at radius 2 is 1.72 bits per heavy atom. The Morgan fingerprint density at radius 1 is 1.22 bits per heavy atom. The second-order valence-electron chi connectivity index (χ2n) is 5.57. The number of carboxylic acids is 1. The van der Waals surface area contributed by atoms with E-state index >= 15 is 0 Å². The molecule has 1 aromatic carbocycles. The Labute approximate surface area is 109 Å². The van der Waals surface area contributed by atoms with Crippen LogP contribution in [0.25, 0.3) is 0 Å². The van der Waals surface area contributed by atoms with Crippen LogP contribution in [0.4, 0.5) is 0 Å². The van der Waals surface area contributed by atoms with Gasteiger partial charge in [-0.3, -0.25) is 9.69 Å². The molecule has 0 radical (unpaired) electrons. The van der Waals surface area contributed by atoms with Gasteiger partial charge in [0.15, 0.2) is 0 Å². The maximum absolute atomic E-state index is 11.4. The van der Waals surface area contributed by atoms with E-state index in [0.29, 0.717) is 5.92 Å². The molecule has 0 heterocycles. The molecule has 0 fully saturated rings. The van der Waals surface area contributed by atoms with Gasteiger partial charge in [0.25, 0.3) is 0 Å². The van der Waals surface area contributed by atoms with Crippen molar-refractivity contribution in [3.63, 3.8) is 0 Å². The van der Waals surface area contributed by atoms with Crippen LogP contribution in [0.15, 0.2) is 30.3 Å². The number of hydrogen-bond donors (Lipinski definition) is 1. The molecule has 0 bridgehead atoms. The van der Waals surface area contributed by atoms with Gasteiger partial charge in [0.05, 0.1) is 0 Å². The van der Waals surface area contributed by atoms with Crippen LogP contribution < -0.4 is 0 Å². The van der Waals surface area contributed by atoms with Gasteiger partial charge < -0.3 is 5.11 Å².